The lowest BCUT2D eigenvalue weighted by Crippen LogP contribution is -2.48. The smallest absolute Gasteiger partial charge is 0.335 e. The average Bonchev–Trinajstić information content (AvgIpc) is 3.10. The molecular formula is C25H24O4. The van der Waals surface area contributed by atoms with Crippen LogP contribution in [0.15, 0.2) is 46.9 Å². The molecule has 0 aliphatic heterocycles. The van der Waals surface area contributed by atoms with E-state index in [1.54, 1.807) is 24.3 Å². The van der Waals surface area contributed by atoms with Crippen molar-refractivity contribution in [3.05, 3.63) is 53.6 Å². The maximum atomic E-state index is 11.2. The third-order valence-electron chi connectivity index (χ3n) is 7.66. The van der Waals surface area contributed by atoms with Crippen LogP contribution in [0.25, 0.3) is 22.3 Å². The number of hydrogen-bond acceptors (Lipinski definition) is 3. The van der Waals surface area contributed by atoms with E-state index in [-0.39, 0.29) is 11.0 Å². The minimum Gasteiger partial charge on any atom is -0.508 e. The van der Waals surface area contributed by atoms with Crippen molar-refractivity contribution in [1.82, 2.24) is 0 Å². The fraction of sp³-hybridized carbons (Fsp3) is 0.400. The Labute approximate surface area is 169 Å². The Morgan fingerprint density at radius 2 is 1.62 bits per heavy atom. The topological polar surface area (TPSA) is 70.7 Å². The van der Waals surface area contributed by atoms with Gasteiger partial charge in [0, 0.05) is 16.5 Å². The monoisotopic (exact) mass is 388 g/mol. The van der Waals surface area contributed by atoms with Crippen molar-refractivity contribution < 1.29 is 19.4 Å². The number of aromatic carboxylic acids is 1. The fourth-order valence-corrected chi connectivity index (χ4v) is 6.86. The number of phenolic OH excluding ortho intramolecular Hbond substituents is 1. The van der Waals surface area contributed by atoms with Gasteiger partial charge in [0.05, 0.1) is 5.56 Å². The van der Waals surface area contributed by atoms with Crippen LogP contribution in [-0.4, -0.2) is 16.2 Å². The van der Waals surface area contributed by atoms with Crippen LogP contribution in [0.3, 0.4) is 0 Å². The highest BCUT2D eigenvalue weighted by molar-refractivity contribution is 5.93. The summed E-state index contributed by atoms with van der Waals surface area (Å²) in [4.78, 5) is 11.2. The Bertz CT molecular complexity index is 1100. The molecule has 4 nitrogen and oxygen atoms in total. The summed E-state index contributed by atoms with van der Waals surface area (Å²) in [7, 11) is 0. The highest BCUT2D eigenvalue weighted by atomic mass is 16.4. The van der Waals surface area contributed by atoms with E-state index in [2.05, 4.69) is 6.07 Å². The first-order chi connectivity index (χ1) is 14.0. The second-order valence-corrected chi connectivity index (χ2v) is 9.60. The summed E-state index contributed by atoms with van der Waals surface area (Å²) in [5.74, 6) is 2.59. The van der Waals surface area contributed by atoms with Crippen molar-refractivity contribution >= 4 is 16.9 Å². The molecule has 0 saturated heterocycles. The van der Waals surface area contributed by atoms with Crippen LogP contribution in [0.5, 0.6) is 5.75 Å². The molecule has 4 fully saturated rings. The number of rotatable bonds is 3. The molecule has 4 aliphatic rings. The number of fused-ring (bicyclic) bond motifs is 1. The molecule has 4 heteroatoms. The summed E-state index contributed by atoms with van der Waals surface area (Å²) >= 11 is 0. The normalized spacial score (nSPS) is 30.1. The predicted molar refractivity (Wildman–Crippen MR) is 110 cm³/mol. The standard InChI is InChI=1S/C25H24O4/c26-21-4-3-17(22-9-18-1-2-19(24(27)28)10-23(18)29-22)8-20(21)25-11-14-5-15(12-25)7-16(6-14)13-25/h1-4,8-10,14-16,26H,5-7,11-13H2,(H,27,28). The van der Waals surface area contributed by atoms with Gasteiger partial charge < -0.3 is 14.6 Å². The van der Waals surface area contributed by atoms with Gasteiger partial charge in [0.2, 0.25) is 0 Å². The third-order valence-corrected chi connectivity index (χ3v) is 7.66. The molecule has 29 heavy (non-hydrogen) atoms. The van der Waals surface area contributed by atoms with Crippen molar-refractivity contribution in [2.45, 2.75) is 43.9 Å². The Morgan fingerprint density at radius 3 is 2.28 bits per heavy atom. The van der Waals surface area contributed by atoms with E-state index in [9.17, 15) is 15.0 Å². The summed E-state index contributed by atoms with van der Waals surface area (Å²) < 4.78 is 6.01. The molecule has 0 amide bonds. The zero-order valence-electron chi connectivity index (χ0n) is 16.2. The first-order valence-corrected chi connectivity index (χ1v) is 10.6. The van der Waals surface area contributed by atoms with Crippen molar-refractivity contribution in [2.24, 2.45) is 17.8 Å². The van der Waals surface area contributed by atoms with Crippen molar-refractivity contribution in [3.63, 3.8) is 0 Å². The summed E-state index contributed by atoms with van der Waals surface area (Å²) in [6, 6.07) is 12.7. The van der Waals surface area contributed by atoms with E-state index in [1.165, 1.54) is 38.5 Å². The number of carboxylic acid groups (broad SMARTS) is 1. The van der Waals surface area contributed by atoms with Gasteiger partial charge in [0.25, 0.3) is 0 Å². The number of carbonyl (C=O) groups is 1. The number of aromatic hydroxyl groups is 1. The molecule has 0 radical (unpaired) electrons. The van der Waals surface area contributed by atoms with Gasteiger partial charge >= 0.3 is 5.97 Å². The predicted octanol–water partition coefficient (Wildman–Crippen LogP) is 5.97. The van der Waals surface area contributed by atoms with E-state index >= 15 is 0 Å². The van der Waals surface area contributed by atoms with Gasteiger partial charge in [-0.05, 0) is 98.1 Å². The number of carboxylic acids is 1. The van der Waals surface area contributed by atoms with Crippen LogP contribution in [-0.2, 0) is 5.41 Å². The maximum Gasteiger partial charge on any atom is 0.335 e. The second kappa shape index (κ2) is 5.88. The van der Waals surface area contributed by atoms with Gasteiger partial charge in [-0.3, -0.25) is 0 Å². The number of benzene rings is 2. The Hall–Kier alpha value is -2.75. The quantitative estimate of drug-likeness (QED) is 0.580. The summed E-state index contributed by atoms with van der Waals surface area (Å²) in [6.45, 7) is 0. The highest BCUT2D eigenvalue weighted by Gasteiger charge is 2.52. The van der Waals surface area contributed by atoms with Crippen molar-refractivity contribution in [2.75, 3.05) is 0 Å². The Kier molecular flexibility index (Phi) is 3.48. The van der Waals surface area contributed by atoms with Gasteiger partial charge in [0.15, 0.2) is 0 Å². The molecule has 1 aromatic heterocycles. The van der Waals surface area contributed by atoms with Crippen molar-refractivity contribution in [3.8, 4) is 17.1 Å². The van der Waals surface area contributed by atoms with Gasteiger partial charge in [-0.15, -0.1) is 0 Å². The number of phenols is 1. The molecule has 4 bridgehead atoms. The van der Waals surface area contributed by atoms with E-state index in [1.807, 2.05) is 12.1 Å². The molecule has 4 aliphatic carbocycles. The molecule has 148 valence electrons. The lowest BCUT2D eigenvalue weighted by Gasteiger charge is -2.57. The third kappa shape index (κ3) is 2.61. The number of furan rings is 1. The minimum absolute atomic E-state index is 0.108. The van der Waals surface area contributed by atoms with Gasteiger partial charge in [-0.1, -0.05) is 6.07 Å². The van der Waals surface area contributed by atoms with Crippen LogP contribution >= 0.6 is 0 Å². The molecule has 3 aromatic rings. The molecule has 0 unspecified atom stereocenters. The van der Waals surface area contributed by atoms with E-state index < -0.39 is 5.97 Å². The van der Waals surface area contributed by atoms with Gasteiger partial charge in [0.1, 0.15) is 17.1 Å². The van der Waals surface area contributed by atoms with Crippen LogP contribution in [0, 0.1) is 17.8 Å². The first-order valence-electron chi connectivity index (χ1n) is 10.6. The zero-order chi connectivity index (χ0) is 19.8. The Balaban J connectivity index is 1.43. The minimum atomic E-state index is -0.960. The lowest BCUT2D eigenvalue weighted by molar-refractivity contribution is -0.00611. The molecule has 0 atom stereocenters. The molecule has 2 aromatic carbocycles. The molecule has 2 N–H and O–H groups in total. The number of hydrogen-bond donors (Lipinski definition) is 2. The van der Waals surface area contributed by atoms with Crippen LogP contribution in [0.4, 0.5) is 0 Å². The first kappa shape index (κ1) is 17.1. The average molecular weight is 388 g/mol. The van der Waals surface area contributed by atoms with Gasteiger partial charge in [-0.25, -0.2) is 4.79 Å². The summed E-state index contributed by atoms with van der Waals surface area (Å²) in [5, 5.41) is 20.9. The Morgan fingerprint density at radius 1 is 0.931 bits per heavy atom. The summed E-state index contributed by atoms with van der Waals surface area (Å²) in [6.07, 6.45) is 7.69. The van der Waals surface area contributed by atoms with E-state index in [4.69, 9.17) is 4.42 Å². The largest absolute Gasteiger partial charge is 0.508 e. The highest BCUT2D eigenvalue weighted by Crippen LogP contribution is 2.62. The molecular weight excluding hydrogens is 364 g/mol. The SMILES string of the molecule is O=C(O)c1ccc2cc(-c3ccc(O)c(C45CC6CC(CC(C6)C4)C5)c3)oc2c1. The summed E-state index contributed by atoms with van der Waals surface area (Å²) in [5.41, 5.74) is 2.93. The van der Waals surface area contributed by atoms with Gasteiger partial charge in [-0.2, -0.15) is 0 Å². The lowest BCUT2D eigenvalue weighted by atomic mass is 9.48. The van der Waals surface area contributed by atoms with Crippen molar-refractivity contribution in [1.29, 1.82) is 0 Å². The second-order valence-electron chi connectivity index (χ2n) is 9.60. The molecule has 1 heterocycles. The van der Waals surface area contributed by atoms with E-state index in [0.29, 0.717) is 17.1 Å². The fourth-order valence-electron chi connectivity index (χ4n) is 6.86. The molecule has 0 spiro atoms. The van der Waals surface area contributed by atoms with E-state index in [0.717, 1.165) is 34.3 Å². The van der Waals surface area contributed by atoms with Crippen LogP contribution in [0.1, 0.15) is 54.4 Å². The maximum absolute atomic E-state index is 11.2. The molecule has 4 saturated carbocycles. The molecule has 7 rings (SSSR count). The van der Waals surface area contributed by atoms with Crippen LogP contribution in [0.2, 0.25) is 0 Å². The zero-order valence-corrected chi connectivity index (χ0v) is 16.2. The van der Waals surface area contributed by atoms with Crippen LogP contribution < -0.4 is 0 Å².